The topological polar surface area (TPSA) is 37.0 Å². The van der Waals surface area contributed by atoms with Crippen molar-refractivity contribution < 1.29 is 13.2 Å². The minimum atomic E-state index is -4.40. The number of piperidine rings is 1. The highest BCUT2D eigenvalue weighted by Gasteiger charge is 2.34. The van der Waals surface area contributed by atoms with Gasteiger partial charge in [-0.15, -0.1) is 0 Å². The zero-order chi connectivity index (χ0) is 14.6. The molecule has 1 saturated heterocycles. The monoisotopic (exact) mass is 351 g/mol. The molecule has 0 bridgehead atoms. The van der Waals surface area contributed by atoms with Gasteiger partial charge in [0.25, 0.3) is 0 Å². The van der Waals surface area contributed by atoms with E-state index in [1.807, 2.05) is 0 Å². The maximum atomic E-state index is 12.9. The number of pyridine rings is 1. The highest BCUT2D eigenvalue weighted by atomic mass is 79.9. The number of hydrogen-bond donors (Lipinski definition) is 2. The molecule has 1 aromatic rings. The Hall–Kier alpha value is -0.820. The van der Waals surface area contributed by atoms with Crippen molar-refractivity contribution in [3.63, 3.8) is 0 Å². The lowest BCUT2D eigenvalue weighted by Crippen LogP contribution is -2.30. The van der Waals surface area contributed by atoms with Crippen LogP contribution in [0.15, 0.2) is 16.7 Å². The molecule has 1 fully saturated rings. The summed E-state index contributed by atoms with van der Waals surface area (Å²) >= 11 is 3.02. The number of alkyl halides is 3. The molecule has 20 heavy (non-hydrogen) atoms. The third-order valence-electron chi connectivity index (χ3n) is 3.40. The zero-order valence-electron chi connectivity index (χ0n) is 10.9. The molecule has 2 rings (SSSR count). The van der Waals surface area contributed by atoms with Gasteiger partial charge in [-0.25, -0.2) is 4.98 Å². The number of nitrogens with one attached hydrogen (secondary N) is 2. The van der Waals surface area contributed by atoms with E-state index in [0.717, 1.165) is 38.4 Å². The molecule has 0 amide bonds. The lowest BCUT2D eigenvalue weighted by atomic mass is 9.96. The Morgan fingerprint density at radius 2 is 2.25 bits per heavy atom. The van der Waals surface area contributed by atoms with Crippen LogP contribution in [-0.4, -0.2) is 24.6 Å². The molecule has 1 aliphatic heterocycles. The van der Waals surface area contributed by atoms with Crippen molar-refractivity contribution in [1.29, 1.82) is 0 Å². The first-order valence-corrected chi connectivity index (χ1v) is 7.43. The van der Waals surface area contributed by atoms with Crippen LogP contribution in [-0.2, 0) is 6.18 Å². The fourth-order valence-corrected chi connectivity index (χ4v) is 2.69. The van der Waals surface area contributed by atoms with Crippen LogP contribution >= 0.6 is 15.9 Å². The van der Waals surface area contributed by atoms with E-state index in [1.54, 1.807) is 0 Å². The number of hydrogen-bond acceptors (Lipinski definition) is 3. The summed E-state index contributed by atoms with van der Waals surface area (Å²) in [7, 11) is 0. The van der Waals surface area contributed by atoms with E-state index in [1.165, 1.54) is 6.20 Å². The highest BCUT2D eigenvalue weighted by Crippen LogP contribution is 2.35. The highest BCUT2D eigenvalue weighted by molar-refractivity contribution is 9.10. The van der Waals surface area contributed by atoms with Gasteiger partial charge in [-0.1, -0.05) is 0 Å². The molecule has 1 unspecified atom stereocenters. The second-order valence-electron chi connectivity index (χ2n) is 4.98. The van der Waals surface area contributed by atoms with Crippen LogP contribution < -0.4 is 10.6 Å². The molecular formula is C13H17BrF3N3. The van der Waals surface area contributed by atoms with Crippen molar-refractivity contribution in [2.24, 2.45) is 5.92 Å². The largest absolute Gasteiger partial charge is 0.419 e. The van der Waals surface area contributed by atoms with Crippen LogP contribution in [0, 0.1) is 5.92 Å². The summed E-state index contributed by atoms with van der Waals surface area (Å²) < 4.78 is 39.0. The van der Waals surface area contributed by atoms with Crippen LogP contribution in [0.2, 0.25) is 0 Å². The SMILES string of the molecule is FC(F)(F)c1cc(Br)cnc1NCCC1CCCNC1. The molecule has 3 nitrogen and oxygen atoms in total. The molecule has 0 radical (unpaired) electrons. The number of nitrogens with zero attached hydrogens (tertiary/aromatic N) is 1. The van der Waals surface area contributed by atoms with Crippen molar-refractivity contribution >= 4 is 21.7 Å². The maximum Gasteiger partial charge on any atom is 0.419 e. The number of halogens is 4. The summed E-state index contributed by atoms with van der Waals surface area (Å²) in [6.45, 7) is 2.49. The summed E-state index contributed by atoms with van der Waals surface area (Å²) in [6, 6.07) is 1.05. The second kappa shape index (κ2) is 6.76. The van der Waals surface area contributed by atoms with E-state index in [9.17, 15) is 13.2 Å². The molecule has 1 aromatic heterocycles. The predicted molar refractivity (Wildman–Crippen MR) is 75.6 cm³/mol. The Kier molecular flexibility index (Phi) is 5.26. The first-order chi connectivity index (χ1) is 9.47. The number of rotatable bonds is 4. The van der Waals surface area contributed by atoms with Gasteiger partial charge in [-0.05, 0) is 60.3 Å². The van der Waals surface area contributed by atoms with Gasteiger partial charge in [-0.3, -0.25) is 0 Å². The first-order valence-electron chi connectivity index (χ1n) is 6.64. The van der Waals surface area contributed by atoms with Gasteiger partial charge in [0.05, 0.1) is 5.56 Å². The molecule has 0 aliphatic carbocycles. The standard InChI is InChI=1S/C13H17BrF3N3/c14-10-6-11(13(15,16)17)12(20-8-10)19-5-3-9-2-1-4-18-7-9/h6,8-9,18H,1-5,7H2,(H,19,20). The molecule has 0 aromatic carbocycles. The third kappa shape index (κ3) is 4.34. The van der Waals surface area contributed by atoms with Gasteiger partial charge in [0.15, 0.2) is 0 Å². The summed E-state index contributed by atoms with van der Waals surface area (Å²) in [6.07, 6.45) is 0.0941. The maximum absolute atomic E-state index is 12.9. The molecule has 1 atom stereocenters. The van der Waals surface area contributed by atoms with E-state index < -0.39 is 11.7 Å². The molecule has 0 saturated carbocycles. The summed E-state index contributed by atoms with van der Waals surface area (Å²) in [5, 5.41) is 6.11. The van der Waals surface area contributed by atoms with Gasteiger partial charge in [-0.2, -0.15) is 13.2 Å². The summed E-state index contributed by atoms with van der Waals surface area (Å²) in [5.74, 6) is 0.436. The zero-order valence-corrected chi connectivity index (χ0v) is 12.5. The predicted octanol–water partition coefficient (Wildman–Crippen LogP) is 3.66. The molecular weight excluding hydrogens is 335 g/mol. The van der Waals surface area contributed by atoms with Gasteiger partial charge >= 0.3 is 6.18 Å². The fraction of sp³-hybridized carbons (Fsp3) is 0.615. The van der Waals surface area contributed by atoms with Crippen molar-refractivity contribution in [3.05, 3.63) is 22.3 Å². The van der Waals surface area contributed by atoms with Crippen molar-refractivity contribution in [2.75, 3.05) is 25.0 Å². The van der Waals surface area contributed by atoms with E-state index in [2.05, 4.69) is 31.5 Å². The van der Waals surface area contributed by atoms with E-state index in [4.69, 9.17) is 0 Å². The fourth-order valence-electron chi connectivity index (χ4n) is 2.36. The number of aromatic nitrogens is 1. The Morgan fingerprint density at radius 1 is 1.45 bits per heavy atom. The quantitative estimate of drug-likeness (QED) is 0.868. The Labute approximate surface area is 124 Å². The molecule has 1 aliphatic rings. The minimum absolute atomic E-state index is 0.0931. The molecule has 7 heteroatoms. The van der Waals surface area contributed by atoms with Crippen molar-refractivity contribution in [3.8, 4) is 0 Å². The van der Waals surface area contributed by atoms with E-state index in [0.29, 0.717) is 16.9 Å². The van der Waals surface area contributed by atoms with Gasteiger partial charge in [0, 0.05) is 17.2 Å². The van der Waals surface area contributed by atoms with Crippen LogP contribution in [0.5, 0.6) is 0 Å². The Morgan fingerprint density at radius 3 is 2.90 bits per heavy atom. The van der Waals surface area contributed by atoms with Crippen molar-refractivity contribution in [1.82, 2.24) is 10.3 Å². The van der Waals surface area contributed by atoms with Gasteiger partial charge in [0.2, 0.25) is 0 Å². The lowest BCUT2D eigenvalue weighted by Gasteiger charge is -2.23. The third-order valence-corrected chi connectivity index (χ3v) is 3.84. The normalized spacial score (nSPS) is 19.9. The number of anilines is 1. The molecule has 0 spiro atoms. The van der Waals surface area contributed by atoms with Gasteiger partial charge < -0.3 is 10.6 Å². The minimum Gasteiger partial charge on any atom is -0.370 e. The Bertz CT molecular complexity index is 445. The molecule has 112 valence electrons. The van der Waals surface area contributed by atoms with Crippen LogP contribution in [0.1, 0.15) is 24.8 Å². The Balaban J connectivity index is 1.95. The average Bonchev–Trinajstić information content (AvgIpc) is 2.40. The van der Waals surface area contributed by atoms with E-state index in [-0.39, 0.29) is 5.82 Å². The smallest absolute Gasteiger partial charge is 0.370 e. The van der Waals surface area contributed by atoms with E-state index >= 15 is 0 Å². The van der Waals surface area contributed by atoms with Gasteiger partial charge in [0.1, 0.15) is 5.82 Å². The average molecular weight is 352 g/mol. The second-order valence-corrected chi connectivity index (χ2v) is 5.89. The summed E-state index contributed by atoms with van der Waals surface area (Å²) in [4.78, 5) is 3.83. The molecule has 2 N–H and O–H groups in total. The molecule has 2 heterocycles. The van der Waals surface area contributed by atoms with Crippen LogP contribution in [0.4, 0.5) is 19.0 Å². The summed E-state index contributed by atoms with van der Waals surface area (Å²) in [5.41, 5.74) is -0.728. The lowest BCUT2D eigenvalue weighted by molar-refractivity contribution is -0.137. The first kappa shape index (κ1) is 15.6. The van der Waals surface area contributed by atoms with Crippen LogP contribution in [0.25, 0.3) is 0 Å². The van der Waals surface area contributed by atoms with Crippen LogP contribution in [0.3, 0.4) is 0 Å². The van der Waals surface area contributed by atoms with Crippen molar-refractivity contribution in [2.45, 2.75) is 25.4 Å².